The second kappa shape index (κ2) is 7.71. The average Bonchev–Trinajstić information content (AvgIpc) is 3.02. The summed E-state index contributed by atoms with van der Waals surface area (Å²) in [5.41, 5.74) is 0.975. The number of hydrogen-bond donors (Lipinski definition) is 2. The lowest BCUT2D eigenvalue weighted by Crippen LogP contribution is -2.35. The number of ether oxygens (including phenoxy) is 1. The second-order valence-corrected chi connectivity index (χ2v) is 6.95. The number of sulfonamides is 1. The van der Waals surface area contributed by atoms with E-state index in [9.17, 15) is 13.2 Å². The minimum Gasteiger partial charge on any atom is -0.368 e. The molecule has 1 unspecified atom stereocenters. The molecule has 122 valence electrons. The molecule has 1 fully saturated rings. The summed E-state index contributed by atoms with van der Waals surface area (Å²) in [4.78, 5) is 12.0. The molecule has 1 saturated heterocycles. The number of benzene rings is 1. The van der Waals surface area contributed by atoms with Crippen LogP contribution in [0.15, 0.2) is 29.2 Å². The van der Waals surface area contributed by atoms with Gasteiger partial charge in [-0.05, 0) is 37.0 Å². The van der Waals surface area contributed by atoms with Crippen LogP contribution >= 0.6 is 0 Å². The zero-order valence-corrected chi connectivity index (χ0v) is 13.5. The van der Waals surface area contributed by atoms with Crippen LogP contribution in [0.2, 0.25) is 0 Å². The Morgan fingerprint density at radius 3 is 2.64 bits per heavy atom. The summed E-state index contributed by atoms with van der Waals surface area (Å²) in [5.74, 6) is -0.0659. The Morgan fingerprint density at radius 1 is 1.32 bits per heavy atom. The van der Waals surface area contributed by atoms with Gasteiger partial charge in [0, 0.05) is 19.7 Å². The van der Waals surface area contributed by atoms with Gasteiger partial charge >= 0.3 is 0 Å². The summed E-state index contributed by atoms with van der Waals surface area (Å²) in [6.07, 6.45) is 2.05. The van der Waals surface area contributed by atoms with Crippen molar-refractivity contribution >= 4 is 15.9 Å². The number of rotatable bonds is 7. The highest BCUT2D eigenvalue weighted by Crippen LogP contribution is 2.12. The molecule has 22 heavy (non-hydrogen) atoms. The molecule has 0 saturated carbocycles. The maximum Gasteiger partial charge on any atom is 0.249 e. The van der Waals surface area contributed by atoms with E-state index in [1.165, 1.54) is 0 Å². The monoisotopic (exact) mass is 326 g/mol. The SMILES string of the molecule is CCNS(=O)(=O)c1ccc(CCNC(=O)C2CCCO2)cc1. The topological polar surface area (TPSA) is 84.5 Å². The second-order valence-electron chi connectivity index (χ2n) is 5.19. The average molecular weight is 326 g/mol. The van der Waals surface area contributed by atoms with Crippen molar-refractivity contribution in [2.24, 2.45) is 0 Å². The lowest BCUT2D eigenvalue weighted by Gasteiger charge is -2.10. The molecule has 1 aliphatic rings. The van der Waals surface area contributed by atoms with Gasteiger partial charge in [-0.2, -0.15) is 0 Å². The molecule has 1 amide bonds. The Labute approximate surface area is 131 Å². The van der Waals surface area contributed by atoms with Crippen LogP contribution in [0.5, 0.6) is 0 Å². The van der Waals surface area contributed by atoms with Crippen LogP contribution in [-0.2, 0) is 26.0 Å². The van der Waals surface area contributed by atoms with Gasteiger partial charge in [-0.3, -0.25) is 4.79 Å². The van der Waals surface area contributed by atoms with Crippen LogP contribution in [0.25, 0.3) is 0 Å². The molecule has 1 aliphatic heterocycles. The minimum atomic E-state index is -3.41. The molecule has 7 heteroatoms. The molecular weight excluding hydrogens is 304 g/mol. The van der Waals surface area contributed by atoms with Gasteiger partial charge in [0.1, 0.15) is 6.10 Å². The number of hydrogen-bond acceptors (Lipinski definition) is 4. The Morgan fingerprint density at radius 2 is 2.05 bits per heavy atom. The van der Waals surface area contributed by atoms with E-state index in [0.29, 0.717) is 26.1 Å². The first-order valence-corrected chi connectivity index (χ1v) is 8.99. The molecule has 2 N–H and O–H groups in total. The smallest absolute Gasteiger partial charge is 0.249 e. The highest BCUT2D eigenvalue weighted by atomic mass is 32.2. The maximum absolute atomic E-state index is 11.8. The Kier molecular flexibility index (Phi) is 5.93. The maximum atomic E-state index is 11.8. The fraction of sp³-hybridized carbons (Fsp3) is 0.533. The summed E-state index contributed by atoms with van der Waals surface area (Å²) in [6, 6.07) is 6.69. The van der Waals surface area contributed by atoms with E-state index in [0.717, 1.165) is 18.4 Å². The number of carbonyl (C=O) groups excluding carboxylic acids is 1. The quantitative estimate of drug-likeness (QED) is 0.777. The first-order valence-electron chi connectivity index (χ1n) is 7.51. The number of amides is 1. The zero-order chi connectivity index (χ0) is 16.0. The van der Waals surface area contributed by atoms with Crippen LogP contribution in [0, 0.1) is 0 Å². The summed E-state index contributed by atoms with van der Waals surface area (Å²) < 4.78 is 31.4. The molecule has 1 aromatic rings. The van der Waals surface area contributed by atoms with E-state index >= 15 is 0 Å². The van der Waals surface area contributed by atoms with Gasteiger partial charge < -0.3 is 10.1 Å². The Bertz CT molecular complexity index is 592. The molecular formula is C15H22N2O4S. The van der Waals surface area contributed by atoms with Crippen molar-refractivity contribution < 1.29 is 17.9 Å². The molecule has 0 radical (unpaired) electrons. The van der Waals surface area contributed by atoms with Gasteiger partial charge in [-0.25, -0.2) is 13.1 Å². The van der Waals surface area contributed by atoms with Crippen molar-refractivity contribution in [1.29, 1.82) is 0 Å². The van der Waals surface area contributed by atoms with Gasteiger partial charge in [0.2, 0.25) is 15.9 Å². The van der Waals surface area contributed by atoms with E-state index in [1.54, 1.807) is 31.2 Å². The van der Waals surface area contributed by atoms with E-state index in [2.05, 4.69) is 10.0 Å². The van der Waals surface area contributed by atoms with Crippen LogP contribution < -0.4 is 10.0 Å². The van der Waals surface area contributed by atoms with Crippen molar-refractivity contribution in [3.8, 4) is 0 Å². The molecule has 0 bridgehead atoms. The summed E-state index contributed by atoms with van der Waals surface area (Å²) >= 11 is 0. The van der Waals surface area contributed by atoms with E-state index in [4.69, 9.17) is 4.74 Å². The highest BCUT2D eigenvalue weighted by molar-refractivity contribution is 7.89. The van der Waals surface area contributed by atoms with Gasteiger partial charge in [-0.15, -0.1) is 0 Å². The van der Waals surface area contributed by atoms with Crippen molar-refractivity contribution in [2.75, 3.05) is 19.7 Å². The molecule has 1 aromatic carbocycles. The molecule has 2 rings (SSSR count). The molecule has 0 aromatic heterocycles. The van der Waals surface area contributed by atoms with Crippen LogP contribution in [0.4, 0.5) is 0 Å². The molecule has 0 aliphatic carbocycles. The Hall–Kier alpha value is -1.44. The highest BCUT2D eigenvalue weighted by Gasteiger charge is 2.22. The van der Waals surface area contributed by atoms with Crippen molar-refractivity contribution in [3.63, 3.8) is 0 Å². The van der Waals surface area contributed by atoms with E-state index < -0.39 is 10.0 Å². The van der Waals surface area contributed by atoms with Gasteiger partial charge in [0.25, 0.3) is 0 Å². The van der Waals surface area contributed by atoms with Crippen molar-refractivity contribution in [3.05, 3.63) is 29.8 Å². The van der Waals surface area contributed by atoms with Crippen molar-refractivity contribution in [2.45, 2.75) is 37.2 Å². The summed E-state index contributed by atoms with van der Waals surface area (Å²) in [6.45, 7) is 3.26. The van der Waals surface area contributed by atoms with E-state index in [1.807, 2.05) is 0 Å². The van der Waals surface area contributed by atoms with Crippen molar-refractivity contribution in [1.82, 2.24) is 10.0 Å². The van der Waals surface area contributed by atoms with Gasteiger partial charge in [0.05, 0.1) is 4.90 Å². The normalized spacial score (nSPS) is 18.3. The first-order chi connectivity index (χ1) is 10.5. The number of carbonyl (C=O) groups is 1. The largest absolute Gasteiger partial charge is 0.368 e. The van der Waals surface area contributed by atoms with Crippen LogP contribution in [0.1, 0.15) is 25.3 Å². The minimum absolute atomic E-state index is 0.0659. The lowest BCUT2D eigenvalue weighted by atomic mass is 10.1. The molecule has 0 spiro atoms. The zero-order valence-electron chi connectivity index (χ0n) is 12.7. The fourth-order valence-corrected chi connectivity index (χ4v) is 3.38. The Balaban J connectivity index is 1.82. The third-order valence-corrected chi connectivity index (χ3v) is 5.06. The molecule has 1 atom stereocenters. The fourth-order valence-electron chi connectivity index (χ4n) is 2.34. The van der Waals surface area contributed by atoms with E-state index in [-0.39, 0.29) is 16.9 Å². The van der Waals surface area contributed by atoms with Gasteiger partial charge in [0.15, 0.2) is 0 Å². The van der Waals surface area contributed by atoms with Crippen LogP contribution in [-0.4, -0.2) is 40.1 Å². The first kappa shape index (κ1) is 16.9. The molecule has 6 nitrogen and oxygen atoms in total. The number of nitrogens with one attached hydrogen (secondary N) is 2. The third kappa shape index (κ3) is 4.53. The summed E-state index contributed by atoms with van der Waals surface area (Å²) in [5, 5.41) is 2.84. The van der Waals surface area contributed by atoms with Crippen LogP contribution in [0.3, 0.4) is 0 Å². The third-order valence-electron chi connectivity index (χ3n) is 3.50. The predicted octanol–water partition coefficient (Wildman–Crippen LogP) is 0.822. The lowest BCUT2D eigenvalue weighted by molar-refractivity contribution is -0.129. The predicted molar refractivity (Wildman–Crippen MR) is 83.0 cm³/mol. The summed E-state index contributed by atoms with van der Waals surface area (Å²) in [7, 11) is -3.41. The molecule has 1 heterocycles. The standard InChI is InChI=1S/C15H22N2O4S/c1-2-17-22(19,20)13-7-5-12(6-8-13)9-10-16-15(18)14-4-3-11-21-14/h5-8,14,17H,2-4,9-11H2,1H3,(H,16,18). The van der Waals surface area contributed by atoms with Gasteiger partial charge in [-0.1, -0.05) is 19.1 Å².